The van der Waals surface area contributed by atoms with E-state index in [1.165, 1.54) is 7.11 Å². The highest BCUT2D eigenvalue weighted by atomic mass is 32.1. The minimum atomic E-state index is -0.378. The molecule has 4 heteroatoms. The second-order valence-corrected chi connectivity index (χ2v) is 3.54. The maximum absolute atomic E-state index is 11.4. The Hall–Kier alpha value is -1.29. The molecule has 0 atom stereocenters. The molecular formula is C11H12O3S. The highest BCUT2D eigenvalue weighted by molar-refractivity contribution is 7.96. The molecule has 0 unspecified atom stereocenters. The minimum absolute atomic E-state index is 0.185. The lowest BCUT2D eigenvalue weighted by Crippen LogP contribution is -2.06. The topological polar surface area (TPSA) is 43.4 Å². The van der Waals surface area contributed by atoms with Crippen LogP contribution in [0.4, 0.5) is 0 Å². The van der Waals surface area contributed by atoms with Crippen molar-refractivity contribution in [2.45, 2.75) is 12.8 Å². The van der Waals surface area contributed by atoms with E-state index in [0.717, 1.165) is 5.56 Å². The first-order valence-electron chi connectivity index (χ1n) is 4.53. The van der Waals surface area contributed by atoms with Crippen molar-refractivity contribution in [1.29, 1.82) is 0 Å². The number of hydrogen-bond donors (Lipinski definition) is 1. The largest absolute Gasteiger partial charge is 0.465 e. The predicted molar refractivity (Wildman–Crippen MR) is 60.1 cm³/mol. The van der Waals surface area contributed by atoms with Gasteiger partial charge in [-0.05, 0) is 18.1 Å². The zero-order valence-corrected chi connectivity index (χ0v) is 9.29. The number of benzene rings is 1. The number of aryl methyl sites for hydroxylation is 1. The van der Waals surface area contributed by atoms with E-state index < -0.39 is 0 Å². The summed E-state index contributed by atoms with van der Waals surface area (Å²) in [6, 6.07) is 7.08. The van der Waals surface area contributed by atoms with Gasteiger partial charge in [0.05, 0.1) is 12.7 Å². The van der Waals surface area contributed by atoms with Crippen LogP contribution in [0.3, 0.4) is 0 Å². The molecule has 0 aliphatic heterocycles. The summed E-state index contributed by atoms with van der Waals surface area (Å²) in [5.74, 6) is -0.378. The molecule has 0 radical (unpaired) electrons. The van der Waals surface area contributed by atoms with Crippen LogP contribution >= 0.6 is 12.6 Å². The van der Waals surface area contributed by atoms with Crippen molar-refractivity contribution in [2.24, 2.45) is 0 Å². The molecule has 0 saturated carbocycles. The normalized spacial score (nSPS) is 9.73. The molecular weight excluding hydrogens is 212 g/mol. The molecule has 15 heavy (non-hydrogen) atoms. The van der Waals surface area contributed by atoms with E-state index >= 15 is 0 Å². The van der Waals surface area contributed by atoms with Gasteiger partial charge in [-0.1, -0.05) is 18.2 Å². The van der Waals surface area contributed by atoms with Gasteiger partial charge in [-0.15, -0.1) is 12.6 Å². The van der Waals surface area contributed by atoms with Gasteiger partial charge in [-0.3, -0.25) is 4.79 Å². The van der Waals surface area contributed by atoms with Crippen molar-refractivity contribution in [2.75, 3.05) is 7.11 Å². The molecule has 1 rings (SSSR count). The second kappa shape index (κ2) is 5.56. The summed E-state index contributed by atoms with van der Waals surface area (Å²) in [6.07, 6.45) is 0.824. The molecule has 1 aromatic rings. The number of carbonyl (C=O) groups is 2. The molecule has 1 aromatic carbocycles. The van der Waals surface area contributed by atoms with Crippen LogP contribution in [0, 0.1) is 0 Å². The van der Waals surface area contributed by atoms with Gasteiger partial charge in [0, 0.05) is 6.42 Å². The van der Waals surface area contributed by atoms with Crippen LogP contribution in [0.15, 0.2) is 24.3 Å². The minimum Gasteiger partial charge on any atom is -0.465 e. The number of rotatable bonds is 4. The van der Waals surface area contributed by atoms with Gasteiger partial charge in [0.15, 0.2) is 5.12 Å². The van der Waals surface area contributed by atoms with E-state index in [9.17, 15) is 9.59 Å². The van der Waals surface area contributed by atoms with Crippen LogP contribution in [0.5, 0.6) is 0 Å². The van der Waals surface area contributed by atoms with E-state index in [2.05, 4.69) is 17.4 Å². The third-order valence-corrected chi connectivity index (χ3v) is 2.25. The van der Waals surface area contributed by atoms with Crippen LogP contribution in [-0.4, -0.2) is 18.2 Å². The Morgan fingerprint density at radius 3 is 2.60 bits per heavy atom. The molecule has 0 aromatic heterocycles. The van der Waals surface area contributed by atoms with Crippen molar-refractivity contribution >= 4 is 23.7 Å². The Labute approximate surface area is 93.8 Å². The Morgan fingerprint density at radius 2 is 2.00 bits per heavy atom. The Balaban J connectivity index is 2.86. The fourth-order valence-corrected chi connectivity index (χ4v) is 1.40. The lowest BCUT2D eigenvalue weighted by molar-refractivity contribution is -0.110. The molecule has 0 aliphatic rings. The highest BCUT2D eigenvalue weighted by Gasteiger charge is 2.10. The molecule has 0 fully saturated rings. The smallest absolute Gasteiger partial charge is 0.338 e. The number of carbonyl (C=O) groups excluding carboxylic acids is 2. The van der Waals surface area contributed by atoms with Crippen LogP contribution < -0.4 is 0 Å². The SMILES string of the molecule is COC(=O)c1ccccc1CCC(=O)S. The standard InChI is InChI=1S/C11H12O3S/c1-14-11(13)9-5-3-2-4-8(9)6-7-10(12)15/h2-5H,6-7H2,1H3,(H,12,15). The van der Waals surface area contributed by atoms with E-state index in [1.54, 1.807) is 12.1 Å². The van der Waals surface area contributed by atoms with Crippen molar-refractivity contribution in [1.82, 2.24) is 0 Å². The summed E-state index contributed by atoms with van der Waals surface area (Å²) < 4.78 is 4.64. The maximum atomic E-state index is 11.4. The maximum Gasteiger partial charge on any atom is 0.338 e. The zero-order valence-electron chi connectivity index (χ0n) is 8.40. The Morgan fingerprint density at radius 1 is 1.33 bits per heavy atom. The summed E-state index contributed by atoms with van der Waals surface area (Å²) in [7, 11) is 1.34. The van der Waals surface area contributed by atoms with Gasteiger partial charge >= 0.3 is 5.97 Å². The van der Waals surface area contributed by atoms with Crippen molar-refractivity contribution < 1.29 is 14.3 Å². The van der Waals surface area contributed by atoms with Crippen LogP contribution in [0.1, 0.15) is 22.3 Å². The first-order valence-corrected chi connectivity index (χ1v) is 4.98. The molecule has 0 bridgehead atoms. The average molecular weight is 224 g/mol. The number of thiol groups is 1. The molecule has 0 saturated heterocycles. The van der Waals surface area contributed by atoms with Gasteiger partial charge in [0.25, 0.3) is 0 Å². The number of esters is 1. The van der Waals surface area contributed by atoms with Gasteiger partial charge in [-0.2, -0.15) is 0 Å². The summed E-state index contributed by atoms with van der Waals surface area (Å²) in [4.78, 5) is 22.1. The molecule has 0 N–H and O–H groups in total. The van der Waals surface area contributed by atoms with E-state index in [-0.39, 0.29) is 11.1 Å². The summed E-state index contributed by atoms with van der Waals surface area (Å²) in [6.45, 7) is 0. The summed E-state index contributed by atoms with van der Waals surface area (Å²) >= 11 is 3.68. The van der Waals surface area contributed by atoms with Crippen molar-refractivity contribution in [3.63, 3.8) is 0 Å². The molecule has 80 valence electrons. The lowest BCUT2D eigenvalue weighted by atomic mass is 10.0. The molecule has 0 amide bonds. The van der Waals surface area contributed by atoms with E-state index in [4.69, 9.17) is 0 Å². The quantitative estimate of drug-likeness (QED) is 0.627. The molecule has 0 heterocycles. The first kappa shape index (κ1) is 11.8. The van der Waals surface area contributed by atoms with Crippen LogP contribution in [0.2, 0.25) is 0 Å². The lowest BCUT2D eigenvalue weighted by Gasteiger charge is -2.05. The van der Waals surface area contributed by atoms with Crippen molar-refractivity contribution in [3.05, 3.63) is 35.4 Å². The number of ether oxygens (including phenoxy) is 1. The monoisotopic (exact) mass is 224 g/mol. The second-order valence-electron chi connectivity index (χ2n) is 3.04. The first-order chi connectivity index (χ1) is 7.15. The number of methoxy groups -OCH3 is 1. The number of hydrogen-bond acceptors (Lipinski definition) is 3. The third kappa shape index (κ3) is 3.40. The average Bonchev–Trinajstić information content (AvgIpc) is 2.25. The third-order valence-electron chi connectivity index (χ3n) is 2.03. The summed E-state index contributed by atoms with van der Waals surface area (Å²) in [5.41, 5.74) is 1.32. The van der Waals surface area contributed by atoms with E-state index in [1.807, 2.05) is 12.1 Å². The van der Waals surface area contributed by atoms with Crippen molar-refractivity contribution in [3.8, 4) is 0 Å². The fraction of sp³-hybridized carbons (Fsp3) is 0.273. The van der Waals surface area contributed by atoms with Crippen LogP contribution in [-0.2, 0) is 16.0 Å². The Bertz CT molecular complexity index is 374. The van der Waals surface area contributed by atoms with E-state index in [0.29, 0.717) is 18.4 Å². The summed E-state index contributed by atoms with van der Waals surface area (Å²) in [5, 5.41) is -0.185. The fourth-order valence-electron chi connectivity index (χ4n) is 1.29. The Kier molecular flexibility index (Phi) is 4.37. The predicted octanol–water partition coefficient (Wildman–Crippen LogP) is 1.86. The van der Waals surface area contributed by atoms with Gasteiger partial charge < -0.3 is 4.74 Å². The van der Waals surface area contributed by atoms with Gasteiger partial charge in [0.1, 0.15) is 0 Å². The van der Waals surface area contributed by atoms with Gasteiger partial charge in [-0.25, -0.2) is 4.79 Å². The molecule has 3 nitrogen and oxygen atoms in total. The van der Waals surface area contributed by atoms with Crippen LogP contribution in [0.25, 0.3) is 0 Å². The zero-order chi connectivity index (χ0) is 11.3. The van der Waals surface area contributed by atoms with Gasteiger partial charge in [0.2, 0.25) is 0 Å². The highest BCUT2D eigenvalue weighted by Crippen LogP contribution is 2.12. The molecule has 0 spiro atoms. The molecule has 0 aliphatic carbocycles.